The summed E-state index contributed by atoms with van der Waals surface area (Å²) in [5.41, 5.74) is 0. The van der Waals surface area contributed by atoms with Crippen LogP contribution in [0.1, 0.15) is 13.8 Å². The predicted molar refractivity (Wildman–Crippen MR) is 66.4 cm³/mol. The van der Waals surface area contributed by atoms with Gasteiger partial charge in [0.15, 0.2) is 0 Å². The van der Waals surface area contributed by atoms with Gasteiger partial charge in [-0.05, 0) is 25.7 Å². The second-order valence-corrected chi connectivity index (χ2v) is 7.43. The van der Waals surface area contributed by atoms with Gasteiger partial charge in [-0.25, -0.2) is 0 Å². The first-order chi connectivity index (χ1) is 6.39. The Labute approximate surface area is 100 Å². The normalized spacial score (nSPS) is 14.6. The van der Waals surface area contributed by atoms with Gasteiger partial charge in [0.1, 0.15) is 10.8 Å². The van der Waals surface area contributed by atoms with Crippen molar-refractivity contribution < 1.29 is 9.05 Å². The van der Waals surface area contributed by atoms with Crippen LogP contribution in [0.4, 0.5) is 0 Å². The first-order valence-corrected chi connectivity index (χ1v) is 7.55. The van der Waals surface area contributed by atoms with E-state index >= 15 is 0 Å². The third-order valence-corrected chi connectivity index (χ3v) is 4.04. The Morgan fingerprint density at radius 2 is 2.14 bits per heavy atom. The maximum atomic E-state index is 5.50. The molecule has 14 heavy (non-hydrogen) atoms. The van der Waals surface area contributed by atoms with Gasteiger partial charge in [0.05, 0.1) is 12.3 Å². The van der Waals surface area contributed by atoms with Gasteiger partial charge in [0.2, 0.25) is 6.49 Å². The van der Waals surface area contributed by atoms with Gasteiger partial charge in [-0.2, -0.15) is 0 Å². The lowest BCUT2D eigenvalue weighted by Gasteiger charge is -2.21. The Kier molecular flexibility index (Phi) is 7.09. The molecule has 0 aromatic heterocycles. The molecule has 2 nitrogen and oxygen atoms in total. The third-order valence-electron chi connectivity index (χ3n) is 1.03. The smallest absolute Gasteiger partial charge is 0.241 e. The van der Waals surface area contributed by atoms with Crippen LogP contribution >= 0.6 is 29.7 Å². The van der Waals surface area contributed by atoms with Gasteiger partial charge >= 0.3 is 0 Å². The van der Waals surface area contributed by atoms with Crippen LogP contribution in [0.25, 0.3) is 0 Å². The number of allylic oxidation sites excluding steroid dienone is 1. The molecule has 0 radical (unpaired) electrons. The summed E-state index contributed by atoms with van der Waals surface area (Å²) in [5, 5.41) is 0. The van der Waals surface area contributed by atoms with E-state index in [9.17, 15) is 0 Å². The molecule has 6 heteroatoms. The Morgan fingerprint density at radius 3 is 2.50 bits per heavy atom. The van der Waals surface area contributed by atoms with Gasteiger partial charge in [0, 0.05) is 0 Å². The zero-order valence-corrected chi connectivity index (χ0v) is 11.3. The van der Waals surface area contributed by atoms with Gasteiger partial charge in [0.25, 0.3) is 0 Å². The van der Waals surface area contributed by atoms with Crippen LogP contribution in [-0.4, -0.2) is 12.3 Å². The minimum atomic E-state index is -2.36. The molecular formula is C8H13Cl2O2PS. The molecule has 82 valence electrons. The Hall–Kier alpha value is 0.470. The van der Waals surface area contributed by atoms with Crippen molar-refractivity contribution in [2.75, 3.05) is 6.16 Å². The van der Waals surface area contributed by atoms with Crippen molar-refractivity contribution in [3.63, 3.8) is 0 Å². The van der Waals surface area contributed by atoms with Crippen molar-refractivity contribution >= 4 is 41.5 Å². The minimum absolute atomic E-state index is 0.00304. The molecule has 0 aromatic carbocycles. The highest BCUT2D eigenvalue weighted by Gasteiger charge is 2.18. The van der Waals surface area contributed by atoms with E-state index < -0.39 is 6.49 Å². The molecule has 0 fully saturated rings. The summed E-state index contributed by atoms with van der Waals surface area (Å²) in [6.45, 7) is 5.01. The summed E-state index contributed by atoms with van der Waals surface area (Å²) in [7, 11) is 0. The molecular weight excluding hydrogens is 262 g/mol. The molecule has 0 saturated carbocycles. The molecule has 1 atom stereocenters. The summed E-state index contributed by atoms with van der Waals surface area (Å²) in [5.74, 6) is 0. The fourth-order valence-corrected chi connectivity index (χ4v) is 3.33. The SMILES string of the molecule is C=CCP(=S)(OC=C(Cl)Cl)OC(C)C. The lowest BCUT2D eigenvalue weighted by molar-refractivity contribution is 0.234. The van der Waals surface area contributed by atoms with E-state index in [2.05, 4.69) is 6.58 Å². The monoisotopic (exact) mass is 274 g/mol. The highest BCUT2D eigenvalue weighted by Crippen LogP contribution is 2.50. The molecule has 0 saturated heterocycles. The Bertz CT molecular complexity index is 262. The number of hydrogen-bond acceptors (Lipinski definition) is 3. The van der Waals surface area contributed by atoms with E-state index in [-0.39, 0.29) is 10.6 Å². The standard InChI is InChI=1S/C8H13Cl2O2PS/c1-4-5-13(14,12-7(2)3)11-6-8(9)10/h4,6-7H,1,5H2,2-3H3. The number of hydrogen-bond donors (Lipinski definition) is 0. The highest BCUT2D eigenvalue weighted by molar-refractivity contribution is 8.10. The molecule has 0 aromatic rings. The molecule has 0 rings (SSSR count). The first kappa shape index (κ1) is 14.5. The molecule has 0 heterocycles. The second kappa shape index (κ2) is 6.86. The fourth-order valence-electron chi connectivity index (χ4n) is 0.710. The van der Waals surface area contributed by atoms with E-state index in [0.29, 0.717) is 6.16 Å². The van der Waals surface area contributed by atoms with E-state index in [4.69, 9.17) is 44.1 Å². The maximum absolute atomic E-state index is 5.50. The molecule has 0 aliphatic rings. The van der Waals surface area contributed by atoms with Crippen LogP contribution < -0.4 is 0 Å². The maximum Gasteiger partial charge on any atom is 0.241 e. The van der Waals surface area contributed by atoms with Crippen LogP contribution in [0.5, 0.6) is 0 Å². The molecule has 0 bridgehead atoms. The van der Waals surface area contributed by atoms with Crippen LogP contribution in [-0.2, 0) is 20.9 Å². The van der Waals surface area contributed by atoms with Gasteiger partial charge < -0.3 is 9.05 Å². The average Bonchev–Trinajstić information content (AvgIpc) is 2.00. The van der Waals surface area contributed by atoms with Crippen molar-refractivity contribution in [3.05, 3.63) is 23.4 Å². The first-order valence-electron chi connectivity index (χ1n) is 3.97. The van der Waals surface area contributed by atoms with Crippen molar-refractivity contribution in [3.8, 4) is 0 Å². The van der Waals surface area contributed by atoms with E-state index in [1.165, 1.54) is 6.26 Å². The summed E-state index contributed by atoms with van der Waals surface area (Å²) < 4.78 is 10.8. The van der Waals surface area contributed by atoms with E-state index in [1.54, 1.807) is 6.08 Å². The third kappa shape index (κ3) is 6.86. The van der Waals surface area contributed by atoms with Crippen molar-refractivity contribution in [2.24, 2.45) is 0 Å². The van der Waals surface area contributed by atoms with Gasteiger partial charge in [-0.15, -0.1) is 6.58 Å². The molecule has 0 aliphatic carbocycles. The Balaban J connectivity index is 4.47. The van der Waals surface area contributed by atoms with Crippen molar-refractivity contribution in [1.29, 1.82) is 0 Å². The molecule has 0 amide bonds. The average molecular weight is 275 g/mol. The van der Waals surface area contributed by atoms with Crippen LogP contribution in [0, 0.1) is 0 Å². The molecule has 0 spiro atoms. The molecule has 0 aliphatic heterocycles. The van der Waals surface area contributed by atoms with Gasteiger partial charge in [-0.1, -0.05) is 29.3 Å². The van der Waals surface area contributed by atoms with Crippen LogP contribution in [0.3, 0.4) is 0 Å². The number of rotatable bonds is 6. The predicted octanol–water partition coefficient (Wildman–Crippen LogP) is 4.20. The zero-order chi connectivity index (χ0) is 11.2. The van der Waals surface area contributed by atoms with Crippen LogP contribution in [0.15, 0.2) is 23.4 Å². The number of halogens is 2. The largest absolute Gasteiger partial charge is 0.448 e. The summed E-state index contributed by atoms with van der Waals surface area (Å²) in [6, 6.07) is 0. The van der Waals surface area contributed by atoms with Crippen molar-refractivity contribution in [1.82, 2.24) is 0 Å². The zero-order valence-electron chi connectivity index (χ0n) is 8.07. The van der Waals surface area contributed by atoms with Crippen LogP contribution in [0.2, 0.25) is 0 Å². The quantitative estimate of drug-likeness (QED) is 0.411. The summed E-state index contributed by atoms with van der Waals surface area (Å²) in [6.07, 6.45) is 3.36. The lowest BCUT2D eigenvalue weighted by atomic mass is 10.5. The van der Waals surface area contributed by atoms with E-state index in [1.807, 2.05) is 13.8 Å². The second-order valence-electron chi connectivity index (χ2n) is 2.75. The van der Waals surface area contributed by atoms with Crippen molar-refractivity contribution in [2.45, 2.75) is 20.0 Å². The topological polar surface area (TPSA) is 18.5 Å². The lowest BCUT2D eigenvalue weighted by Crippen LogP contribution is -2.03. The summed E-state index contributed by atoms with van der Waals surface area (Å²) in [4.78, 5) is 0. The molecule has 1 unspecified atom stereocenters. The van der Waals surface area contributed by atoms with Gasteiger partial charge in [-0.3, -0.25) is 0 Å². The Morgan fingerprint density at radius 1 is 1.57 bits per heavy atom. The fraction of sp³-hybridized carbons (Fsp3) is 0.500. The minimum Gasteiger partial charge on any atom is -0.448 e. The molecule has 0 N–H and O–H groups in total. The highest BCUT2D eigenvalue weighted by atomic mass is 35.5. The summed E-state index contributed by atoms with van der Waals surface area (Å²) >= 11 is 16.1. The van der Waals surface area contributed by atoms with E-state index in [0.717, 1.165) is 0 Å².